The highest BCUT2D eigenvalue weighted by molar-refractivity contribution is 5.91. The number of rotatable bonds is 3. The Balaban J connectivity index is 0.000000377. The van der Waals surface area contributed by atoms with Crippen LogP contribution >= 0.6 is 0 Å². The van der Waals surface area contributed by atoms with Crippen LogP contribution in [0.2, 0.25) is 0 Å². The maximum atomic E-state index is 11.9. The van der Waals surface area contributed by atoms with Crippen molar-refractivity contribution in [1.82, 2.24) is 0 Å². The molecule has 4 aliphatic rings. The molecule has 0 aliphatic heterocycles. The van der Waals surface area contributed by atoms with Crippen molar-refractivity contribution < 1.29 is 24.2 Å². The smallest absolute Gasteiger partial charge is 0.303 e. The van der Waals surface area contributed by atoms with E-state index in [0.717, 1.165) is 44.4 Å². The average molecular weight is 419 g/mol. The fourth-order valence-electron chi connectivity index (χ4n) is 7.12. The fraction of sp³-hybridized carbons (Fsp3) is 0.800. The average Bonchev–Trinajstić information content (AvgIpc) is 2.99. The van der Waals surface area contributed by atoms with E-state index in [1.165, 1.54) is 24.8 Å². The lowest BCUT2D eigenvalue weighted by molar-refractivity contribution is -0.157. The van der Waals surface area contributed by atoms with Gasteiger partial charge in [-0.3, -0.25) is 14.4 Å². The molecule has 30 heavy (non-hydrogen) atoms. The summed E-state index contributed by atoms with van der Waals surface area (Å²) in [5, 5.41) is 7.91. The van der Waals surface area contributed by atoms with Crippen LogP contribution in [0.15, 0.2) is 11.6 Å². The van der Waals surface area contributed by atoms with Crippen LogP contribution in [0.1, 0.15) is 91.9 Å². The van der Waals surface area contributed by atoms with E-state index < -0.39 is 5.97 Å². The van der Waals surface area contributed by atoms with Gasteiger partial charge in [-0.05, 0) is 80.6 Å². The molecule has 0 unspecified atom stereocenters. The molecule has 4 rings (SSSR count). The summed E-state index contributed by atoms with van der Waals surface area (Å²) in [6, 6.07) is 0. The maximum Gasteiger partial charge on any atom is 0.303 e. The zero-order valence-corrected chi connectivity index (χ0v) is 19.0. The Kier molecular flexibility index (Phi) is 6.78. The van der Waals surface area contributed by atoms with E-state index in [-0.39, 0.29) is 22.9 Å². The number of ketones is 1. The van der Waals surface area contributed by atoms with E-state index in [9.17, 15) is 14.4 Å². The Morgan fingerprint density at radius 3 is 2.43 bits per heavy atom. The van der Waals surface area contributed by atoms with Gasteiger partial charge in [-0.2, -0.15) is 0 Å². The van der Waals surface area contributed by atoms with Crippen LogP contribution < -0.4 is 0 Å². The normalized spacial score (nSPS) is 39.5. The maximum absolute atomic E-state index is 11.9. The Labute approximate surface area is 180 Å². The highest BCUT2D eigenvalue weighted by Crippen LogP contribution is 2.65. The number of carbonyl (C=O) groups is 3. The molecule has 5 nitrogen and oxygen atoms in total. The minimum Gasteiger partial charge on any atom is -0.481 e. The minimum atomic E-state index is -0.711. The second kappa shape index (κ2) is 8.84. The molecule has 6 atom stereocenters. The van der Waals surface area contributed by atoms with Crippen LogP contribution in [0, 0.1) is 28.6 Å². The van der Waals surface area contributed by atoms with Gasteiger partial charge in [0.15, 0.2) is 5.78 Å². The second-order valence-electron chi connectivity index (χ2n) is 10.3. The summed E-state index contributed by atoms with van der Waals surface area (Å²) in [6.45, 7) is 8.17. The van der Waals surface area contributed by atoms with E-state index in [2.05, 4.69) is 13.8 Å². The summed E-state index contributed by atoms with van der Waals surface area (Å²) in [5.41, 5.74) is 1.82. The van der Waals surface area contributed by atoms with Gasteiger partial charge in [0.2, 0.25) is 0 Å². The van der Waals surface area contributed by atoms with E-state index in [0.29, 0.717) is 24.0 Å². The molecular formula is C25H38O5. The molecule has 0 radical (unpaired) electrons. The fourth-order valence-corrected chi connectivity index (χ4v) is 7.12. The molecule has 0 bridgehead atoms. The van der Waals surface area contributed by atoms with Crippen LogP contribution in [-0.4, -0.2) is 28.9 Å². The Morgan fingerprint density at radius 2 is 1.83 bits per heavy atom. The molecule has 1 N–H and O–H groups in total. The number of aliphatic carboxylic acids is 1. The van der Waals surface area contributed by atoms with Crippen molar-refractivity contribution in [2.75, 3.05) is 0 Å². The molecule has 3 fully saturated rings. The van der Waals surface area contributed by atoms with Gasteiger partial charge in [-0.25, -0.2) is 0 Å². The minimum absolute atomic E-state index is 0.110. The number of carbonyl (C=O) groups excluding carboxylic acids is 2. The number of fused-ring (bicyclic) bond motifs is 5. The number of hydrogen-bond donors (Lipinski definition) is 1. The summed E-state index contributed by atoms with van der Waals surface area (Å²) in [4.78, 5) is 33.0. The third kappa shape index (κ3) is 4.22. The molecular weight excluding hydrogens is 380 g/mol. The number of esters is 1. The van der Waals surface area contributed by atoms with Crippen LogP contribution in [0.25, 0.3) is 0 Å². The molecule has 4 aliphatic carbocycles. The third-order valence-electron chi connectivity index (χ3n) is 8.65. The molecule has 0 aromatic rings. The van der Waals surface area contributed by atoms with Crippen molar-refractivity contribution >= 4 is 17.7 Å². The van der Waals surface area contributed by atoms with Gasteiger partial charge in [-0.1, -0.05) is 26.3 Å². The Morgan fingerprint density at radius 1 is 1.10 bits per heavy atom. The first-order valence-corrected chi connectivity index (χ1v) is 11.7. The Bertz CT molecular complexity index is 725. The summed E-state index contributed by atoms with van der Waals surface area (Å²) in [5.74, 6) is 1.61. The van der Waals surface area contributed by atoms with Crippen molar-refractivity contribution in [2.24, 2.45) is 28.6 Å². The first kappa shape index (κ1) is 23.0. The van der Waals surface area contributed by atoms with Gasteiger partial charge in [0.05, 0.1) is 0 Å². The second-order valence-corrected chi connectivity index (χ2v) is 10.3. The predicted molar refractivity (Wildman–Crippen MR) is 115 cm³/mol. The van der Waals surface area contributed by atoms with E-state index in [1.807, 2.05) is 13.0 Å². The molecule has 5 heteroatoms. The molecule has 168 valence electrons. The lowest BCUT2D eigenvalue weighted by Gasteiger charge is -2.57. The van der Waals surface area contributed by atoms with Crippen LogP contribution in [0.3, 0.4) is 0 Å². The molecule has 0 aromatic heterocycles. The van der Waals surface area contributed by atoms with Crippen molar-refractivity contribution in [3.63, 3.8) is 0 Å². The molecule has 0 saturated heterocycles. The van der Waals surface area contributed by atoms with Gasteiger partial charge in [0.25, 0.3) is 0 Å². The van der Waals surface area contributed by atoms with E-state index in [1.54, 1.807) is 6.92 Å². The van der Waals surface area contributed by atoms with E-state index >= 15 is 0 Å². The topological polar surface area (TPSA) is 80.7 Å². The zero-order chi connectivity index (χ0) is 22.1. The van der Waals surface area contributed by atoms with Gasteiger partial charge in [0.1, 0.15) is 6.10 Å². The molecule has 0 amide bonds. The highest BCUT2D eigenvalue weighted by Gasteiger charge is 2.59. The zero-order valence-electron chi connectivity index (χ0n) is 19.0. The van der Waals surface area contributed by atoms with Crippen molar-refractivity contribution in [1.29, 1.82) is 0 Å². The van der Waals surface area contributed by atoms with Crippen LogP contribution in [0.4, 0.5) is 0 Å². The first-order valence-electron chi connectivity index (χ1n) is 11.7. The van der Waals surface area contributed by atoms with Crippen LogP contribution in [0.5, 0.6) is 0 Å². The first-order chi connectivity index (χ1) is 14.1. The quantitative estimate of drug-likeness (QED) is 0.627. The lowest BCUT2D eigenvalue weighted by Crippen LogP contribution is -2.51. The van der Waals surface area contributed by atoms with Gasteiger partial charge < -0.3 is 9.84 Å². The number of allylic oxidation sites excluding steroid dienone is 1. The van der Waals surface area contributed by atoms with Crippen LogP contribution in [-0.2, 0) is 19.1 Å². The molecule has 0 spiro atoms. The van der Waals surface area contributed by atoms with Gasteiger partial charge in [0, 0.05) is 25.2 Å². The Hall–Kier alpha value is -1.65. The van der Waals surface area contributed by atoms with Crippen molar-refractivity contribution in [3.8, 4) is 0 Å². The number of carboxylic acids is 1. The predicted octanol–water partition coefficient (Wildman–Crippen LogP) is 5.32. The molecule has 0 aromatic carbocycles. The van der Waals surface area contributed by atoms with Gasteiger partial charge in [-0.15, -0.1) is 0 Å². The van der Waals surface area contributed by atoms with Crippen molar-refractivity contribution in [2.45, 2.75) is 98.0 Å². The lowest BCUT2D eigenvalue weighted by atomic mass is 9.47. The van der Waals surface area contributed by atoms with Crippen molar-refractivity contribution in [3.05, 3.63) is 11.6 Å². The number of hydrogen-bond acceptors (Lipinski definition) is 4. The summed E-state index contributed by atoms with van der Waals surface area (Å²) >= 11 is 0. The summed E-state index contributed by atoms with van der Waals surface area (Å²) in [6.07, 6.45) is 11.8. The molecule has 0 heterocycles. The molecule has 3 saturated carbocycles. The largest absolute Gasteiger partial charge is 0.481 e. The number of ether oxygens (including phenoxy) is 1. The number of carboxylic acid groups (broad SMARTS) is 1. The monoisotopic (exact) mass is 418 g/mol. The summed E-state index contributed by atoms with van der Waals surface area (Å²) in [7, 11) is 0. The van der Waals surface area contributed by atoms with Gasteiger partial charge >= 0.3 is 11.9 Å². The third-order valence-corrected chi connectivity index (χ3v) is 8.65. The standard InChI is InChI=1S/C21H30O3.C4H8O2/c1-13(22)24-19-7-6-17-16-5-4-14-12-15(23)8-10-20(14,2)18(16)9-11-21(17,19)3;1-2-3-4(5)6/h12,16-19H,4-11H2,1-3H3;2-3H2,1H3,(H,5,6)/t16-,17-,18-,19-,20-,21-;/m0./s1. The van der Waals surface area contributed by atoms with E-state index in [4.69, 9.17) is 9.84 Å². The summed E-state index contributed by atoms with van der Waals surface area (Å²) < 4.78 is 5.71. The SMILES string of the molecule is CC(=O)O[C@H]1CC[C@H]2[C@@H]3CCC4=CC(=O)CC[C@]4(C)[C@H]3CC[C@]12C.CCCC(=O)O. The highest BCUT2D eigenvalue weighted by atomic mass is 16.5.